The molecule has 0 radical (unpaired) electrons. The number of carbonyl (C=O) groups is 1. The Morgan fingerprint density at radius 3 is 2.82 bits per heavy atom. The molecule has 1 amide bonds. The van der Waals surface area contributed by atoms with E-state index in [4.69, 9.17) is 0 Å². The minimum Gasteiger partial charge on any atom is -0.356 e. The highest BCUT2D eigenvalue weighted by molar-refractivity contribution is 5.75. The molecule has 0 bridgehead atoms. The van der Waals surface area contributed by atoms with E-state index < -0.39 is 0 Å². The fourth-order valence-corrected chi connectivity index (χ4v) is 1.57. The Morgan fingerprint density at radius 2 is 2.18 bits per heavy atom. The zero-order valence-electron chi connectivity index (χ0n) is 10.3. The molecule has 4 heteroatoms. The molecule has 0 atom stereocenters. The fraction of sp³-hybridized carbons (Fsp3) is 0.462. The summed E-state index contributed by atoms with van der Waals surface area (Å²) in [6.45, 7) is 5.72. The number of halogens is 1. The van der Waals surface area contributed by atoms with Gasteiger partial charge in [0.15, 0.2) is 0 Å². The molecule has 0 saturated heterocycles. The van der Waals surface area contributed by atoms with E-state index in [0.29, 0.717) is 26.1 Å². The van der Waals surface area contributed by atoms with Crippen molar-refractivity contribution in [2.75, 3.05) is 13.1 Å². The Bertz CT molecular complexity index is 380. The number of hydrogen-bond acceptors (Lipinski definition) is 2. The van der Waals surface area contributed by atoms with E-state index in [-0.39, 0.29) is 11.7 Å². The predicted octanol–water partition coefficient (Wildman–Crippen LogP) is 1.75. The van der Waals surface area contributed by atoms with E-state index in [9.17, 15) is 9.18 Å². The number of aryl methyl sites for hydroxylation is 1. The summed E-state index contributed by atoms with van der Waals surface area (Å²) >= 11 is 0. The molecule has 0 saturated carbocycles. The van der Waals surface area contributed by atoms with E-state index in [0.717, 1.165) is 11.1 Å². The molecule has 0 fully saturated rings. The molecule has 3 nitrogen and oxygen atoms in total. The average molecular weight is 238 g/mol. The van der Waals surface area contributed by atoms with Crippen LogP contribution in [0.5, 0.6) is 0 Å². The number of hydrogen-bond donors (Lipinski definition) is 2. The normalized spacial score (nSPS) is 10.3. The SMILES string of the molecule is CCNC(=O)CCNCc1ccc(F)cc1C. The fourth-order valence-electron chi connectivity index (χ4n) is 1.57. The highest BCUT2D eigenvalue weighted by Gasteiger charge is 2.01. The van der Waals surface area contributed by atoms with Crippen LogP contribution in [0.4, 0.5) is 4.39 Å². The number of benzene rings is 1. The smallest absolute Gasteiger partial charge is 0.221 e. The van der Waals surface area contributed by atoms with Crippen molar-refractivity contribution in [2.45, 2.75) is 26.8 Å². The summed E-state index contributed by atoms with van der Waals surface area (Å²) in [5.74, 6) is -0.163. The number of carbonyl (C=O) groups excluding carboxylic acids is 1. The Hall–Kier alpha value is -1.42. The monoisotopic (exact) mass is 238 g/mol. The molecule has 0 unspecified atom stereocenters. The van der Waals surface area contributed by atoms with Gasteiger partial charge >= 0.3 is 0 Å². The molecule has 1 aromatic rings. The van der Waals surface area contributed by atoms with Gasteiger partial charge in [0, 0.05) is 26.1 Å². The van der Waals surface area contributed by atoms with Crippen molar-refractivity contribution < 1.29 is 9.18 Å². The first-order chi connectivity index (χ1) is 8.13. The zero-order valence-corrected chi connectivity index (χ0v) is 10.3. The van der Waals surface area contributed by atoms with Crippen molar-refractivity contribution in [1.29, 1.82) is 0 Å². The summed E-state index contributed by atoms with van der Waals surface area (Å²) in [7, 11) is 0. The predicted molar refractivity (Wildman–Crippen MR) is 66.1 cm³/mol. The molecule has 1 aromatic carbocycles. The van der Waals surface area contributed by atoms with E-state index in [1.807, 2.05) is 13.8 Å². The first-order valence-electron chi connectivity index (χ1n) is 5.86. The third-order valence-electron chi connectivity index (χ3n) is 2.52. The standard InChI is InChI=1S/C13H19FN2O/c1-3-16-13(17)6-7-15-9-11-4-5-12(14)8-10(11)2/h4-5,8,15H,3,6-7,9H2,1-2H3,(H,16,17). The van der Waals surface area contributed by atoms with E-state index in [2.05, 4.69) is 10.6 Å². The largest absolute Gasteiger partial charge is 0.356 e. The Morgan fingerprint density at radius 1 is 1.41 bits per heavy atom. The lowest BCUT2D eigenvalue weighted by Crippen LogP contribution is -2.27. The van der Waals surface area contributed by atoms with Gasteiger partial charge in [0.1, 0.15) is 5.82 Å². The van der Waals surface area contributed by atoms with Crippen molar-refractivity contribution in [2.24, 2.45) is 0 Å². The molecule has 0 spiro atoms. The highest BCUT2D eigenvalue weighted by Crippen LogP contribution is 2.09. The number of nitrogens with one attached hydrogen (secondary N) is 2. The molecule has 17 heavy (non-hydrogen) atoms. The van der Waals surface area contributed by atoms with Crippen LogP contribution < -0.4 is 10.6 Å². The maximum atomic E-state index is 12.9. The van der Waals surface area contributed by atoms with Crippen LogP contribution in [0, 0.1) is 12.7 Å². The number of rotatable bonds is 6. The summed E-state index contributed by atoms with van der Waals surface area (Å²) < 4.78 is 12.9. The summed E-state index contributed by atoms with van der Waals surface area (Å²) in [6.07, 6.45) is 0.466. The van der Waals surface area contributed by atoms with Crippen LogP contribution >= 0.6 is 0 Å². The lowest BCUT2D eigenvalue weighted by molar-refractivity contribution is -0.120. The average Bonchev–Trinajstić information content (AvgIpc) is 2.27. The first kappa shape index (κ1) is 13.6. The van der Waals surface area contributed by atoms with Crippen molar-refractivity contribution in [3.63, 3.8) is 0 Å². The van der Waals surface area contributed by atoms with Gasteiger partial charge in [-0.3, -0.25) is 4.79 Å². The molecule has 0 aliphatic heterocycles. The van der Waals surface area contributed by atoms with Crippen LogP contribution in [0.2, 0.25) is 0 Å². The third kappa shape index (κ3) is 4.95. The maximum Gasteiger partial charge on any atom is 0.221 e. The quantitative estimate of drug-likeness (QED) is 0.741. The van der Waals surface area contributed by atoms with Crippen LogP contribution in [0.3, 0.4) is 0 Å². The van der Waals surface area contributed by atoms with E-state index >= 15 is 0 Å². The van der Waals surface area contributed by atoms with Gasteiger partial charge in [0.25, 0.3) is 0 Å². The second kappa shape index (κ2) is 7.01. The minimum absolute atomic E-state index is 0.0517. The van der Waals surface area contributed by atoms with E-state index in [1.54, 1.807) is 6.07 Å². The molecule has 0 aliphatic carbocycles. The lowest BCUT2D eigenvalue weighted by Gasteiger charge is -2.07. The van der Waals surface area contributed by atoms with Crippen molar-refractivity contribution in [3.8, 4) is 0 Å². The van der Waals surface area contributed by atoms with Gasteiger partial charge in [-0.25, -0.2) is 4.39 Å². The summed E-state index contributed by atoms with van der Waals surface area (Å²) in [5, 5.41) is 5.90. The van der Waals surface area contributed by atoms with Crippen LogP contribution in [0.25, 0.3) is 0 Å². The van der Waals surface area contributed by atoms with Gasteiger partial charge in [-0.1, -0.05) is 6.07 Å². The Kier molecular flexibility index (Phi) is 5.63. The van der Waals surface area contributed by atoms with Gasteiger partial charge in [-0.15, -0.1) is 0 Å². The summed E-state index contributed by atoms with van der Waals surface area (Å²) in [5.41, 5.74) is 1.98. The van der Waals surface area contributed by atoms with E-state index in [1.165, 1.54) is 12.1 Å². The van der Waals surface area contributed by atoms with Gasteiger partial charge in [-0.05, 0) is 37.1 Å². The van der Waals surface area contributed by atoms with Crippen molar-refractivity contribution in [3.05, 3.63) is 35.1 Å². The van der Waals surface area contributed by atoms with Crippen LogP contribution in [-0.4, -0.2) is 19.0 Å². The molecule has 2 N–H and O–H groups in total. The third-order valence-corrected chi connectivity index (χ3v) is 2.52. The molecule has 0 aliphatic rings. The first-order valence-corrected chi connectivity index (χ1v) is 5.86. The topological polar surface area (TPSA) is 41.1 Å². The molecule has 1 rings (SSSR count). The van der Waals surface area contributed by atoms with Gasteiger partial charge in [0.2, 0.25) is 5.91 Å². The molecular formula is C13H19FN2O. The Balaban J connectivity index is 2.29. The van der Waals surface area contributed by atoms with Gasteiger partial charge in [-0.2, -0.15) is 0 Å². The van der Waals surface area contributed by atoms with Crippen molar-refractivity contribution in [1.82, 2.24) is 10.6 Å². The van der Waals surface area contributed by atoms with Crippen LogP contribution in [-0.2, 0) is 11.3 Å². The summed E-state index contributed by atoms with van der Waals surface area (Å²) in [6, 6.07) is 4.73. The highest BCUT2D eigenvalue weighted by atomic mass is 19.1. The summed E-state index contributed by atoms with van der Waals surface area (Å²) in [4.78, 5) is 11.2. The lowest BCUT2D eigenvalue weighted by atomic mass is 10.1. The molecule has 94 valence electrons. The molecule has 0 heterocycles. The van der Waals surface area contributed by atoms with Crippen molar-refractivity contribution >= 4 is 5.91 Å². The number of amides is 1. The van der Waals surface area contributed by atoms with Crippen LogP contribution in [0.1, 0.15) is 24.5 Å². The minimum atomic E-state index is -0.214. The Labute approximate surface area is 101 Å². The zero-order chi connectivity index (χ0) is 12.7. The second-order valence-electron chi connectivity index (χ2n) is 3.95. The van der Waals surface area contributed by atoms with Gasteiger partial charge in [0.05, 0.1) is 0 Å². The van der Waals surface area contributed by atoms with Crippen LogP contribution in [0.15, 0.2) is 18.2 Å². The second-order valence-corrected chi connectivity index (χ2v) is 3.95. The molecular weight excluding hydrogens is 219 g/mol. The maximum absolute atomic E-state index is 12.9. The molecule has 0 aromatic heterocycles. The van der Waals surface area contributed by atoms with Gasteiger partial charge < -0.3 is 10.6 Å².